The van der Waals surface area contributed by atoms with Crippen LogP contribution in [0.15, 0.2) is 12.1 Å². The number of rotatable bonds is 5. The number of hydrogen-bond acceptors (Lipinski definition) is 5. The lowest BCUT2D eigenvalue weighted by atomic mass is 9.99. The summed E-state index contributed by atoms with van der Waals surface area (Å²) in [5.41, 5.74) is 2.34. The Kier molecular flexibility index (Phi) is 5.11. The van der Waals surface area contributed by atoms with E-state index < -0.39 is 0 Å². The van der Waals surface area contributed by atoms with Crippen LogP contribution in [0, 0.1) is 0 Å². The molecule has 0 aliphatic carbocycles. The standard InChI is InChI=1S/C15H22N2O3/c1-11(19)15-13(9-17-5-3-16-4-6-17)7-12(10-18)8-14(15)20-2/h7-8,16,18H,3-6,9-10H2,1-2H3. The zero-order valence-corrected chi connectivity index (χ0v) is 12.1. The van der Waals surface area contributed by atoms with E-state index >= 15 is 0 Å². The minimum Gasteiger partial charge on any atom is -0.496 e. The average molecular weight is 278 g/mol. The lowest BCUT2D eigenvalue weighted by Crippen LogP contribution is -2.43. The van der Waals surface area contributed by atoms with Crippen molar-refractivity contribution in [1.29, 1.82) is 0 Å². The molecule has 1 fully saturated rings. The Morgan fingerprint density at radius 2 is 2.10 bits per heavy atom. The van der Waals surface area contributed by atoms with Crippen molar-refractivity contribution in [2.45, 2.75) is 20.1 Å². The molecule has 0 amide bonds. The maximum Gasteiger partial charge on any atom is 0.163 e. The number of aliphatic hydroxyl groups excluding tert-OH is 1. The Bertz CT molecular complexity index is 482. The second-order valence-corrected chi connectivity index (χ2v) is 5.07. The first kappa shape index (κ1) is 15.0. The van der Waals surface area contributed by atoms with Gasteiger partial charge in [0.25, 0.3) is 0 Å². The molecule has 5 heteroatoms. The van der Waals surface area contributed by atoms with Gasteiger partial charge in [-0.3, -0.25) is 9.69 Å². The number of aliphatic hydroxyl groups is 1. The molecule has 1 aliphatic rings. The van der Waals surface area contributed by atoms with E-state index in [0.29, 0.717) is 17.9 Å². The predicted molar refractivity (Wildman–Crippen MR) is 77.1 cm³/mol. The Balaban J connectivity index is 2.34. The highest BCUT2D eigenvalue weighted by atomic mass is 16.5. The second kappa shape index (κ2) is 6.83. The summed E-state index contributed by atoms with van der Waals surface area (Å²) < 4.78 is 5.32. The summed E-state index contributed by atoms with van der Waals surface area (Å²) in [6.07, 6.45) is 0. The number of carbonyl (C=O) groups is 1. The van der Waals surface area contributed by atoms with Crippen molar-refractivity contribution in [2.75, 3.05) is 33.3 Å². The second-order valence-electron chi connectivity index (χ2n) is 5.07. The van der Waals surface area contributed by atoms with Crippen LogP contribution in [0.4, 0.5) is 0 Å². The highest BCUT2D eigenvalue weighted by Gasteiger charge is 2.18. The Hall–Kier alpha value is -1.43. The summed E-state index contributed by atoms with van der Waals surface area (Å²) >= 11 is 0. The van der Waals surface area contributed by atoms with Crippen molar-refractivity contribution in [2.24, 2.45) is 0 Å². The van der Waals surface area contributed by atoms with Gasteiger partial charge in [-0.1, -0.05) is 6.07 Å². The topological polar surface area (TPSA) is 61.8 Å². The first-order valence-corrected chi connectivity index (χ1v) is 6.90. The van der Waals surface area contributed by atoms with Gasteiger partial charge in [0.05, 0.1) is 19.3 Å². The number of ketones is 1. The Morgan fingerprint density at radius 3 is 2.65 bits per heavy atom. The van der Waals surface area contributed by atoms with E-state index in [0.717, 1.165) is 37.3 Å². The number of Topliss-reactive ketones (excluding diaryl/α,β-unsaturated/α-hetero) is 1. The maximum absolute atomic E-state index is 11.9. The number of benzene rings is 1. The quantitative estimate of drug-likeness (QED) is 0.780. The van der Waals surface area contributed by atoms with E-state index in [2.05, 4.69) is 10.2 Å². The first-order chi connectivity index (χ1) is 9.65. The molecule has 1 aliphatic heterocycles. The van der Waals surface area contributed by atoms with Gasteiger partial charge in [0.1, 0.15) is 5.75 Å². The molecule has 110 valence electrons. The SMILES string of the molecule is COc1cc(CO)cc(CN2CCNCC2)c1C(C)=O. The van der Waals surface area contributed by atoms with Gasteiger partial charge in [0.15, 0.2) is 5.78 Å². The number of hydrogen-bond donors (Lipinski definition) is 2. The number of carbonyl (C=O) groups excluding carboxylic acids is 1. The molecule has 0 unspecified atom stereocenters. The van der Waals surface area contributed by atoms with E-state index in [9.17, 15) is 9.90 Å². The molecule has 2 N–H and O–H groups in total. The minimum absolute atomic E-state index is 0.00326. The first-order valence-electron chi connectivity index (χ1n) is 6.90. The smallest absolute Gasteiger partial charge is 0.163 e. The summed E-state index contributed by atoms with van der Waals surface area (Å²) in [4.78, 5) is 14.2. The Morgan fingerprint density at radius 1 is 1.40 bits per heavy atom. The van der Waals surface area contributed by atoms with E-state index in [1.54, 1.807) is 20.1 Å². The summed E-state index contributed by atoms with van der Waals surface area (Å²) in [5, 5.41) is 12.7. The summed E-state index contributed by atoms with van der Waals surface area (Å²) in [6, 6.07) is 3.64. The molecule has 1 aromatic carbocycles. The normalized spacial score (nSPS) is 16.1. The molecule has 0 saturated carbocycles. The van der Waals surface area contributed by atoms with Crippen LogP contribution in [0.3, 0.4) is 0 Å². The lowest BCUT2D eigenvalue weighted by Gasteiger charge is -2.28. The van der Waals surface area contributed by atoms with E-state index in [-0.39, 0.29) is 12.4 Å². The highest BCUT2D eigenvalue weighted by Crippen LogP contribution is 2.26. The van der Waals surface area contributed by atoms with Gasteiger partial charge in [0, 0.05) is 32.7 Å². The lowest BCUT2D eigenvalue weighted by molar-refractivity contribution is 0.101. The van der Waals surface area contributed by atoms with Crippen LogP contribution in [-0.4, -0.2) is 49.1 Å². The summed E-state index contributed by atoms with van der Waals surface area (Å²) in [7, 11) is 1.55. The number of methoxy groups -OCH3 is 1. The van der Waals surface area contributed by atoms with E-state index in [1.807, 2.05) is 6.07 Å². The zero-order chi connectivity index (χ0) is 14.5. The van der Waals surface area contributed by atoms with Crippen LogP contribution in [0.2, 0.25) is 0 Å². The van der Waals surface area contributed by atoms with Crippen LogP contribution in [0.1, 0.15) is 28.4 Å². The van der Waals surface area contributed by atoms with Crippen LogP contribution in [0.25, 0.3) is 0 Å². The molecule has 0 spiro atoms. The number of nitrogens with one attached hydrogen (secondary N) is 1. The fourth-order valence-corrected chi connectivity index (χ4v) is 2.62. The fourth-order valence-electron chi connectivity index (χ4n) is 2.62. The van der Waals surface area contributed by atoms with Crippen LogP contribution in [-0.2, 0) is 13.2 Å². The Labute approximate surface area is 119 Å². The number of nitrogens with zero attached hydrogens (tertiary/aromatic N) is 1. The van der Waals surface area contributed by atoms with Crippen molar-refractivity contribution in [3.05, 3.63) is 28.8 Å². The molecular formula is C15H22N2O3. The van der Waals surface area contributed by atoms with Gasteiger partial charge >= 0.3 is 0 Å². The van der Waals surface area contributed by atoms with Gasteiger partial charge in [-0.2, -0.15) is 0 Å². The van der Waals surface area contributed by atoms with Crippen LogP contribution >= 0.6 is 0 Å². The number of ether oxygens (including phenoxy) is 1. The van der Waals surface area contributed by atoms with Gasteiger partial charge in [-0.05, 0) is 24.1 Å². The molecule has 5 nitrogen and oxygen atoms in total. The van der Waals surface area contributed by atoms with Gasteiger partial charge in [-0.15, -0.1) is 0 Å². The zero-order valence-electron chi connectivity index (χ0n) is 12.1. The predicted octanol–water partition coefficient (Wildman–Crippen LogP) is 0.795. The molecule has 0 atom stereocenters. The molecule has 0 bridgehead atoms. The van der Waals surface area contributed by atoms with E-state index in [1.165, 1.54) is 0 Å². The summed E-state index contributed by atoms with van der Waals surface area (Å²) in [6.45, 7) is 6.06. The fraction of sp³-hybridized carbons (Fsp3) is 0.533. The van der Waals surface area contributed by atoms with Gasteiger partial charge in [-0.25, -0.2) is 0 Å². The number of piperazine rings is 1. The average Bonchev–Trinajstić information content (AvgIpc) is 2.47. The molecule has 2 rings (SSSR count). The third-order valence-electron chi connectivity index (χ3n) is 3.60. The van der Waals surface area contributed by atoms with Crippen LogP contribution < -0.4 is 10.1 Å². The summed E-state index contributed by atoms with van der Waals surface area (Å²) in [5.74, 6) is 0.547. The van der Waals surface area contributed by atoms with Crippen molar-refractivity contribution in [3.63, 3.8) is 0 Å². The highest BCUT2D eigenvalue weighted by molar-refractivity contribution is 5.98. The molecule has 1 aromatic rings. The molecule has 0 radical (unpaired) electrons. The third kappa shape index (κ3) is 3.36. The molecular weight excluding hydrogens is 256 g/mol. The minimum atomic E-state index is -0.0525. The molecule has 1 saturated heterocycles. The molecule has 1 heterocycles. The maximum atomic E-state index is 11.9. The third-order valence-corrected chi connectivity index (χ3v) is 3.60. The monoisotopic (exact) mass is 278 g/mol. The molecule has 20 heavy (non-hydrogen) atoms. The van der Waals surface area contributed by atoms with Gasteiger partial charge < -0.3 is 15.2 Å². The van der Waals surface area contributed by atoms with Crippen molar-refractivity contribution < 1.29 is 14.6 Å². The van der Waals surface area contributed by atoms with Crippen LogP contribution in [0.5, 0.6) is 5.75 Å². The van der Waals surface area contributed by atoms with E-state index in [4.69, 9.17) is 4.74 Å². The van der Waals surface area contributed by atoms with Crippen molar-refractivity contribution >= 4 is 5.78 Å². The van der Waals surface area contributed by atoms with Gasteiger partial charge in [0.2, 0.25) is 0 Å². The van der Waals surface area contributed by atoms with Crippen molar-refractivity contribution in [1.82, 2.24) is 10.2 Å². The molecule has 0 aromatic heterocycles. The van der Waals surface area contributed by atoms with Crippen molar-refractivity contribution in [3.8, 4) is 5.75 Å². The largest absolute Gasteiger partial charge is 0.496 e.